The average molecular weight is 517 g/mol. The first-order chi connectivity index (χ1) is 13.5. The first kappa shape index (κ1) is 23.0. The van der Waals surface area contributed by atoms with Gasteiger partial charge in [-0.05, 0) is 36.2 Å². The highest BCUT2D eigenvalue weighted by atomic mass is 127. The van der Waals surface area contributed by atoms with Crippen molar-refractivity contribution in [3.8, 4) is 0 Å². The largest absolute Gasteiger partial charge is 0.416 e. The second-order valence-electron chi connectivity index (χ2n) is 6.33. The predicted octanol–water partition coefficient (Wildman–Crippen LogP) is 4.43. The Morgan fingerprint density at radius 3 is 2.48 bits per heavy atom. The van der Waals surface area contributed by atoms with Gasteiger partial charge in [0.25, 0.3) is 0 Å². The van der Waals surface area contributed by atoms with Crippen molar-refractivity contribution in [2.75, 3.05) is 13.6 Å². The van der Waals surface area contributed by atoms with Crippen molar-refractivity contribution in [1.29, 1.82) is 0 Å². The van der Waals surface area contributed by atoms with Crippen LogP contribution in [-0.4, -0.2) is 29.1 Å². The van der Waals surface area contributed by atoms with Gasteiger partial charge in [-0.25, -0.2) is 4.98 Å². The SMILES string of the molecule is CN=C(NCCCn1cnc2ccccc21)NCc1ccc(C(F)(F)F)cc1.I. The Labute approximate surface area is 184 Å². The molecular weight excluding hydrogens is 494 g/mol. The number of aromatic nitrogens is 2. The molecule has 0 bridgehead atoms. The molecule has 0 aliphatic heterocycles. The molecule has 0 aliphatic rings. The Morgan fingerprint density at radius 1 is 1.07 bits per heavy atom. The maximum Gasteiger partial charge on any atom is 0.416 e. The van der Waals surface area contributed by atoms with Crippen molar-refractivity contribution in [1.82, 2.24) is 20.2 Å². The van der Waals surface area contributed by atoms with E-state index in [0.29, 0.717) is 19.0 Å². The highest BCUT2D eigenvalue weighted by Gasteiger charge is 2.29. The molecule has 0 amide bonds. The van der Waals surface area contributed by atoms with Crippen LogP contribution in [0.3, 0.4) is 0 Å². The minimum absolute atomic E-state index is 0. The van der Waals surface area contributed by atoms with Gasteiger partial charge in [0.2, 0.25) is 0 Å². The predicted molar refractivity (Wildman–Crippen MR) is 119 cm³/mol. The zero-order valence-electron chi connectivity index (χ0n) is 15.9. The quantitative estimate of drug-likeness (QED) is 0.220. The van der Waals surface area contributed by atoms with Crippen LogP contribution in [0.15, 0.2) is 59.9 Å². The second kappa shape index (κ2) is 10.5. The van der Waals surface area contributed by atoms with Crippen molar-refractivity contribution in [2.45, 2.75) is 25.7 Å². The number of benzene rings is 2. The number of halogens is 4. The molecule has 3 aromatic rings. The molecule has 0 unspecified atom stereocenters. The van der Waals surface area contributed by atoms with E-state index in [1.807, 2.05) is 30.6 Å². The number of rotatable bonds is 6. The third kappa shape index (κ3) is 6.34. The van der Waals surface area contributed by atoms with Crippen LogP contribution >= 0.6 is 24.0 Å². The summed E-state index contributed by atoms with van der Waals surface area (Å²) in [5.41, 5.74) is 2.18. The molecule has 0 saturated carbocycles. The second-order valence-corrected chi connectivity index (χ2v) is 6.33. The van der Waals surface area contributed by atoms with Crippen LogP contribution in [0.2, 0.25) is 0 Å². The number of imidazole rings is 1. The van der Waals surface area contributed by atoms with E-state index in [9.17, 15) is 13.2 Å². The summed E-state index contributed by atoms with van der Waals surface area (Å²) in [5, 5.41) is 6.32. The molecule has 0 atom stereocenters. The van der Waals surface area contributed by atoms with Gasteiger partial charge in [-0.2, -0.15) is 13.2 Å². The number of alkyl halides is 3. The fourth-order valence-electron chi connectivity index (χ4n) is 2.86. The molecule has 2 N–H and O–H groups in total. The van der Waals surface area contributed by atoms with E-state index in [-0.39, 0.29) is 24.0 Å². The van der Waals surface area contributed by atoms with Crippen molar-refractivity contribution in [2.24, 2.45) is 4.99 Å². The molecule has 0 spiro atoms. The number of hydrogen-bond donors (Lipinski definition) is 2. The van der Waals surface area contributed by atoms with Gasteiger partial charge in [0.1, 0.15) is 0 Å². The molecule has 0 saturated heterocycles. The van der Waals surface area contributed by atoms with Crippen LogP contribution < -0.4 is 10.6 Å². The van der Waals surface area contributed by atoms with Crippen LogP contribution in [0.4, 0.5) is 13.2 Å². The van der Waals surface area contributed by atoms with Crippen LogP contribution in [0.25, 0.3) is 11.0 Å². The van der Waals surface area contributed by atoms with E-state index >= 15 is 0 Å². The van der Waals surface area contributed by atoms with Crippen molar-refractivity contribution in [3.05, 3.63) is 66.0 Å². The average Bonchev–Trinajstić information content (AvgIpc) is 3.10. The number of nitrogens with one attached hydrogen (secondary N) is 2. The van der Waals surface area contributed by atoms with Gasteiger partial charge in [0, 0.05) is 26.7 Å². The Kier molecular flexibility index (Phi) is 8.30. The van der Waals surface area contributed by atoms with Crippen molar-refractivity contribution >= 4 is 41.0 Å². The molecule has 3 rings (SSSR count). The van der Waals surface area contributed by atoms with Crippen molar-refractivity contribution < 1.29 is 13.2 Å². The number of aliphatic imine (C=N–C) groups is 1. The van der Waals surface area contributed by atoms with Crippen LogP contribution in [-0.2, 0) is 19.3 Å². The fraction of sp³-hybridized carbons (Fsp3) is 0.300. The summed E-state index contributed by atoms with van der Waals surface area (Å²) >= 11 is 0. The number of hydrogen-bond acceptors (Lipinski definition) is 2. The van der Waals surface area contributed by atoms with E-state index in [2.05, 4.69) is 25.2 Å². The van der Waals surface area contributed by atoms with Gasteiger partial charge in [-0.1, -0.05) is 24.3 Å². The zero-order valence-corrected chi connectivity index (χ0v) is 18.2. The lowest BCUT2D eigenvalue weighted by atomic mass is 10.1. The Hall–Kier alpha value is -2.30. The summed E-state index contributed by atoms with van der Waals surface area (Å²) < 4.78 is 39.9. The molecule has 0 fully saturated rings. The molecule has 5 nitrogen and oxygen atoms in total. The summed E-state index contributed by atoms with van der Waals surface area (Å²) in [6.45, 7) is 1.92. The Morgan fingerprint density at radius 2 is 1.79 bits per heavy atom. The maximum atomic E-state index is 12.6. The van der Waals surface area contributed by atoms with Crippen molar-refractivity contribution in [3.63, 3.8) is 0 Å². The summed E-state index contributed by atoms with van der Waals surface area (Å²) in [4.78, 5) is 8.51. The Bertz CT molecular complexity index is 935. The molecule has 0 radical (unpaired) electrons. The molecule has 0 aliphatic carbocycles. The third-order valence-electron chi connectivity index (χ3n) is 4.36. The molecule has 1 aromatic heterocycles. The van der Waals surface area contributed by atoms with Gasteiger partial charge in [-0.15, -0.1) is 24.0 Å². The lowest BCUT2D eigenvalue weighted by Gasteiger charge is -2.13. The van der Waals surface area contributed by atoms with E-state index in [1.165, 1.54) is 12.1 Å². The molecular formula is C20H23F3IN5. The standard InChI is InChI=1S/C20H22F3N5.HI/c1-24-19(26-13-15-7-9-16(10-8-15)20(21,22)23)25-11-4-12-28-14-27-17-5-2-3-6-18(17)28;/h2-3,5-10,14H,4,11-13H2,1H3,(H2,24,25,26);1H. The van der Waals surface area contributed by atoms with E-state index in [1.54, 1.807) is 7.05 Å². The fourth-order valence-corrected chi connectivity index (χ4v) is 2.86. The monoisotopic (exact) mass is 517 g/mol. The van der Waals surface area contributed by atoms with E-state index < -0.39 is 11.7 Å². The molecule has 29 heavy (non-hydrogen) atoms. The first-order valence-corrected chi connectivity index (χ1v) is 8.98. The molecule has 2 aromatic carbocycles. The van der Waals surface area contributed by atoms with Crippen LogP contribution in [0.1, 0.15) is 17.5 Å². The lowest BCUT2D eigenvalue weighted by molar-refractivity contribution is -0.137. The highest BCUT2D eigenvalue weighted by molar-refractivity contribution is 14.0. The van der Waals surface area contributed by atoms with Gasteiger partial charge < -0.3 is 15.2 Å². The number of aryl methyl sites for hydroxylation is 1. The van der Waals surface area contributed by atoms with E-state index in [0.717, 1.165) is 41.7 Å². The Balaban J connectivity index is 0.00000300. The number of guanidine groups is 1. The molecule has 9 heteroatoms. The first-order valence-electron chi connectivity index (χ1n) is 8.98. The van der Waals surface area contributed by atoms with E-state index in [4.69, 9.17) is 0 Å². The highest BCUT2D eigenvalue weighted by Crippen LogP contribution is 2.29. The number of para-hydroxylation sites is 2. The normalized spacial score (nSPS) is 11.9. The minimum Gasteiger partial charge on any atom is -0.356 e. The molecule has 156 valence electrons. The minimum atomic E-state index is -4.32. The topological polar surface area (TPSA) is 54.2 Å². The van der Waals surface area contributed by atoms with Crippen LogP contribution in [0, 0.1) is 0 Å². The third-order valence-corrected chi connectivity index (χ3v) is 4.36. The summed E-state index contributed by atoms with van der Waals surface area (Å²) in [6, 6.07) is 13.1. The summed E-state index contributed by atoms with van der Waals surface area (Å²) in [6.07, 6.45) is -1.60. The summed E-state index contributed by atoms with van der Waals surface area (Å²) in [7, 11) is 1.66. The van der Waals surface area contributed by atoms with Crippen LogP contribution in [0.5, 0.6) is 0 Å². The number of fused-ring (bicyclic) bond motifs is 1. The zero-order chi connectivity index (χ0) is 20.0. The van der Waals surface area contributed by atoms with Gasteiger partial charge in [0.15, 0.2) is 5.96 Å². The maximum absolute atomic E-state index is 12.6. The van der Waals surface area contributed by atoms with Gasteiger partial charge in [-0.3, -0.25) is 4.99 Å². The lowest BCUT2D eigenvalue weighted by Crippen LogP contribution is -2.37. The smallest absolute Gasteiger partial charge is 0.356 e. The van der Waals surface area contributed by atoms with Gasteiger partial charge >= 0.3 is 6.18 Å². The summed E-state index contributed by atoms with van der Waals surface area (Å²) in [5.74, 6) is 0.607. The molecule has 1 heterocycles. The number of nitrogens with zero attached hydrogens (tertiary/aromatic N) is 3. The van der Waals surface area contributed by atoms with Gasteiger partial charge in [0.05, 0.1) is 22.9 Å².